The first-order valence-corrected chi connectivity index (χ1v) is 9.69. The van der Waals surface area contributed by atoms with Gasteiger partial charge in [-0.1, -0.05) is 18.2 Å². The highest BCUT2D eigenvalue weighted by molar-refractivity contribution is 7.92. The number of para-hydroxylation sites is 1. The molecule has 0 aliphatic heterocycles. The molecule has 6 nitrogen and oxygen atoms in total. The Hall–Kier alpha value is -2.61. The van der Waals surface area contributed by atoms with Crippen LogP contribution in [0.25, 0.3) is 0 Å². The lowest BCUT2D eigenvalue weighted by molar-refractivity contribution is -0.116. The van der Waals surface area contributed by atoms with E-state index >= 15 is 0 Å². The summed E-state index contributed by atoms with van der Waals surface area (Å²) in [5.74, 6) is -0.902. The van der Waals surface area contributed by atoms with Crippen molar-refractivity contribution < 1.29 is 22.3 Å². The second-order valence-corrected chi connectivity index (χ2v) is 7.74. The number of carbonyl (C=O) groups is 1. The molecule has 26 heavy (non-hydrogen) atoms. The number of ether oxygens (including phenoxy) is 1. The molecule has 0 saturated carbocycles. The lowest BCUT2D eigenvalue weighted by atomic mass is 10.2. The maximum absolute atomic E-state index is 14.1. The summed E-state index contributed by atoms with van der Waals surface area (Å²) >= 11 is 0. The van der Waals surface area contributed by atoms with Crippen molar-refractivity contribution in [1.29, 1.82) is 0 Å². The van der Waals surface area contributed by atoms with E-state index in [0.29, 0.717) is 11.4 Å². The molecular formula is C18H21FN2O4S. The van der Waals surface area contributed by atoms with Crippen molar-refractivity contribution in [1.82, 2.24) is 0 Å². The molecular weight excluding hydrogens is 359 g/mol. The summed E-state index contributed by atoms with van der Waals surface area (Å²) < 4.78 is 44.5. The molecule has 0 spiro atoms. The predicted molar refractivity (Wildman–Crippen MR) is 99.5 cm³/mol. The third-order valence-corrected chi connectivity index (χ3v) is 5.02. The number of methoxy groups -OCH3 is 1. The summed E-state index contributed by atoms with van der Waals surface area (Å²) in [6.07, 6.45) is 0.927. The van der Waals surface area contributed by atoms with Crippen molar-refractivity contribution in [2.45, 2.75) is 19.9 Å². The zero-order valence-corrected chi connectivity index (χ0v) is 15.8. The minimum atomic E-state index is -3.90. The second kappa shape index (κ2) is 7.74. The van der Waals surface area contributed by atoms with Crippen LogP contribution in [0.3, 0.4) is 0 Å². The largest absolute Gasteiger partial charge is 0.495 e. The number of amides is 1. The molecule has 0 aliphatic carbocycles. The van der Waals surface area contributed by atoms with E-state index in [-0.39, 0.29) is 5.69 Å². The Kier molecular flexibility index (Phi) is 5.86. The van der Waals surface area contributed by atoms with Crippen LogP contribution in [0.4, 0.5) is 15.8 Å². The van der Waals surface area contributed by atoms with Crippen LogP contribution >= 0.6 is 0 Å². The first-order chi connectivity index (χ1) is 12.1. The van der Waals surface area contributed by atoms with E-state index in [0.717, 1.165) is 22.2 Å². The summed E-state index contributed by atoms with van der Waals surface area (Å²) in [7, 11) is -2.44. The Morgan fingerprint density at radius 1 is 1.23 bits per heavy atom. The molecule has 0 bridgehead atoms. The molecule has 0 unspecified atom stereocenters. The number of hydrogen-bond donors (Lipinski definition) is 1. The molecule has 0 saturated heterocycles. The maximum Gasteiger partial charge on any atom is 0.248 e. The van der Waals surface area contributed by atoms with Gasteiger partial charge in [-0.2, -0.15) is 0 Å². The van der Waals surface area contributed by atoms with Crippen LogP contribution in [-0.4, -0.2) is 33.7 Å². The molecule has 2 rings (SSSR count). The normalized spacial score (nSPS) is 12.3. The van der Waals surface area contributed by atoms with Crippen molar-refractivity contribution in [3.63, 3.8) is 0 Å². The number of sulfonamides is 1. The highest BCUT2D eigenvalue weighted by Gasteiger charge is 2.31. The average Bonchev–Trinajstić information content (AvgIpc) is 2.55. The van der Waals surface area contributed by atoms with Crippen molar-refractivity contribution in [3.05, 3.63) is 53.8 Å². The van der Waals surface area contributed by atoms with Gasteiger partial charge >= 0.3 is 0 Å². The van der Waals surface area contributed by atoms with Crippen LogP contribution in [0.5, 0.6) is 5.75 Å². The monoisotopic (exact) mass is 380 g/mol. The van der Waals surface area contributed by atoms with E-state index in [1.807, 2.05) is 13.0 Å². The standard InChI is InChI=1S/C18H21FN2O4S/c1-12-9-10-17(25-3)15(11-12)20-18(22)13(2)21(26(4,23)24)16-8-6-5-7-14(16)19/h5-11,13H,1-4H3,(H,20,22)/t13-/m0/s1. The smallest absolute Gasteiger partial charge is 0.248 e. The van der Waals surface area contributed by atoms with Gasteiger partial charge in [-0.15, -0.1) is 0 Å². The van der Waals surface area contributed by atoms with Crippen LogP contribution in [-0.2, 0) is 14.8 Å². The van der Waals surface area contributed by atoms with Crippen LogP contribution in [0.15, 0.2) is 42.5 Å². The Bertz CT molecular complexity index is 915. The summed E-state index contributed by atoms with van der Waals surface area (Å²) in [5, 5.41) is 2.65. The van der Waals surface area contributed by atoms with Crippen LogP contribution in [0, 0.1) is 12.7 Å². The number of nitrogens with zero attached hydrogens (tertiary/aromatic N) is 1. The zero-order valence-electron chi connectivity index (χ0n) is 15.0. The maximum atomic E-state index is 14.1. The first-order valence-electron chi connectivity index (χ1n) is 7.84. The van der Waals surface area contributed by atoms with Crippen molar-refractivity contribution in [3.8, 4) is 5.75 Å². The van der Waals surface area contributed by atoms with Crippen molar-refractivity contribution in [2.75, 3.05) is 23.0 Å². The van der Waals surface area contributed by atoms with Crippen LogP contribution in [0.2, 0.25) is 0 Å². The fourth-order valence-corrected chi connectivity index (χ4v) is 3.74. The predicted octanol–water partition coefficient (Wildman–Crippen LogP) is 2.94. The summed E-state index contributed by atoms with van der Waals surface area (Å²) in [4.78, 5) is 12.7. The Morgan fingerprint density at radius 3 is 2.46 bits per heavy atom. The number of aryl methyl sites for hydroxylation is 1. The van der Waals surface area contributed by atoms with E-state index in [4.69, 9.17) is 4.74 Å². The highest BCUT2D eigenvalue weighted by Crippen LogP contribution is 2.28. The van der Waals surface area contributed by atoms with Crippen LogP contribution in [0.1, 0.15) is 12.5 Å². The van der Waals surface area contributed by atoms with E-state index in [9.17, 15) is 17.6 Å². The summed E-state index contributed by atoms with van der Waals surface area (Å²) in [6, 6.07) is 9.45. The van der Waals surface area contributed by atoms with Gasteiger partial charge < -0.3 is 10.1 Å². The minimum absolute atomic E-state index is 0.186. The lowest BCUT2D eigenvalue weighted by Crippen LogP contribution is -2.45. The van der Waals surface area contributed by atoms with E-state index < -0.39 is 27.8 Å². The molecule has 0 aliphatic rings. The third kappa shape index (κ3) is 4.32. The van der Waals surface area contributed by atoms with Gasteiger partial charge in [0.25, 0.3) is 0 Å². The van der Waals surface area contributed by atoms with Gasteiger partial charge in [0.2, 0.25) is 15.9 Å². The van der Waals surface area contributed by atoms with E-state index in [1.165, 1.54) is 32.2 Å². The highest BCUT2D eigenvalue weighted by atomic mass is 32.2. The number of halogens is 1. The molecule has 0 heterocycles. The fourth-order valence-electron chi connectivity index (χ4n) is 2.57. The number of anilines is 2. The number of carbonyl (C=O) groups excluding carboxylic acids is 1. The summed E-state index contributed by atoms with van der Waals surface area (Å²) in [5.41, 5.74) is 1.11. The van der Waals surface area contributed by atoms with E-state index in [2.05, 4.69) is 5.32 Å². The van der Waals surface area contributed by atoms with Gasteiger partial charge in [-0.05, 0) is 43.7 Å². The molecule has 2 aromatic carbocycles. The van der Waals surface area contributed by atoms with Gasteiger partial charge in [0, 0.05) is 0 Å². The van der Waals surface area contributed by atoms with Crippen molar-refractivity contribution in [2.24, 2.45) is 0 Å². The number of nitrogens with one attached hydrogen (secondary N) is 1. The lowest BCUT2D eigenvalue weighted by Gasteiger charge is -2.28. The fraction of sp³-hybridized carbons (Fsp3) is 0.278. The quantitative estimate of drug-likeness (QED) is 0.836. The molecule has 8 heteroatoms. The van der Waals surface area contributed by atoms with Gasteiger partial charge in [0.05, 0.1) is 24.7 Å². The van der Waals surface area contributed by atoms with Gasteiger partial charge in [-0.25, -0.2) is 12.8 Å². The van der Waals surface area contributed by atoms with E-state index in [1.54, 1.807) is 12.1 Å². The summed E-state index contributed by atoms with van der Waals surface area (Å²) in [6.45, 7) is 3.24. The molecule has 2 aromatic rings. The molecule has 1 amide bonds. The van der Waals surface area contributed by atoms with Gasteiger partial charge in [-0.3, -0.25) is 9.10 Å². The molecule has 0 aromatic heterocycles. The average molecular weight is 380 g/mol. The number of rotatable bonds is 6. The topological polar surface area (TPSA) is 75.7 Å². The Labute approximate surface area is 152 Å². The van der Waals surface area contributed by atoms with Crippen LogP contribution < -0.4 is 14.4 Å². The van der Waals surface area contributed by atoms with Gasteiger partial charge in [0.15, 0.2) is 0 Å². The number of hydrogen-bond acceptors (Lipinski definition) is 4. The Morgan fingerprint density at radius 2 is 1.88 bits per heavy atom. The molecule has 0 fully saturated rings. The minimum Gasteiger partial charge on any atom is -0.495 e. The number of benzene rings is 2. The molecule has 1 N–H and O–H groups in total. The Balaban J connectivity index is 2.38. The zero-order chi connectivity index (χ0) is 19.5. The third-order valence-electron chi connectivity index (χ3n) is 3.79. The first kappa shape index (κ1) is 19.7. The van der Waals surface area contributed by atoms with Crippen molar-refractivity contribution >= 4 is 27.3 Å². The SMILES string of the molecule is COc1ccc(C)cc1NC(=O)[C@H](C)N(c1ccccc1F)S(C)(=O)=O. The molecule has 140 valence electrons. The molecule has 1 atom stereocenters. The van der Waals surface area contributed by atoms with Gasteiger partial charge in [0.1, 0.15) is 17.6 Å². The second-order valence-electron chi connectivity index (χ2n) is 5.88. The molecule has 0 radical (unpaired) electrons.